The third-order valence-electron chi connectivity index (χ3n) is 3.10. The lowest BCUT2D eigenvalue weighted by Gasteiger charge is -2.05. The molecule has 0 fully saturated rings. The lowest BCUT2D eigenvalue weighted by molar-refractivity contribution is 0.317. The minimum atomic E-state index is -0.0826. The SMILES string of the molecule is CCCOc1cccc(-c2cc(C(N)CCC)on2)c1. The highest BCUT2D eigenvalue weighted by molar-refractivity contribution is 5.61. The van der Waals surface area contributed by atoms with Crippen LogP contribution in [0, 0.1) is 0 Å². The highest BCUT2D eigenvalue weighted by atomic mass is 16.5. The minimum absolute atomic E-state index is 0.0826. The van der Waals surface area contributed by atoms with Crippen LogP contribution in [0.1, 0.15) is 44.9 Å². The number of hydrogen-bond acceptors (Lipinski definition) is 4. The van der Waals surface area contributed by atoms with E-state index in [4.69, 9.17) is 15.0 Å². The zero-order valence-electron chi connectivity index (χ0n) is 12.1. The van der Waals surface area contributed by atoms with Crippen molar-refractivity contribution >= 4 is 0 Å². The topological polar surface area (TPSA) is 61.3 Å². The van der Waals surface area contributed by atoms with Gasteiger partial charge in [0, 0.05) is 11.6 Å². The van der Waals surface area contributed by atoms with Gasteiger partial charge in [-0.3, -0.25) is 0 Å². The van der Waals surface area contributed by atoms with Crippen molar-refractivity contribution in [1.82, 2.24) is 5.16 Å². The Kier molecular flexibility index (Phi) is 5.18. The second-order valence-corrected chi connectivity index (χ2v) is 4.89. The number of rotatable bonds is 7. The lowest BCUT2D eigenvalue weighted by atomic mass is 10.1. The van der Waals surface area contributed by atoms with E-state index < -0.39 is 0 Å². The molecule has 0 amide bonds. The van der Waals surface area contributed by atoms with E-state index in [1.807, 2.05) is 30.3 Å². The fourth-order valence-corrected chi connectivity index (χ4v) is 2.02. The van der Waals surface area contributed by atoms with E-state index in [9.17, 15) is 0 Å². The maximum atomic E-state index is 6.03. The van der Waals surface area contributed by atoms with Gasteiger partial charge in [0.05, 0.1) is 12.6 Å². The van der Waals surface area contributed by atoms with Gasteiger partial charge in [-0.25, -0.2) is 0 Å². The van der Waals surface area contributed by atoms with E-state index in [2.05, 4.69) is 19.0 Å². The quantitative estimate of drug-likeness (QED) is 0.831. The van der Waals surface area contributed by atoms with Crippen molar-refractivity contribution < 1.29 is 9.26 Å². The summed E-state index contributed by atoms with van der Waals surface area (Å²) in [7, 11) is 0. The Bertz CT molecular complexity index is 537. The van der Waals surface area contributed by atoms with Crippen LogP contribution < -0.4 is 10.5 Å². The van der Waals surface area contributed by atoms with Crippen LogP contribution in [0.15, 0.2) is 34.9 Å². The number of ether oxygens (including phenoxy) is 1. The van der Waals surface area contributed by atoms with Crippen LogP contribution in [0.2, 0.25) is 0 Å². The molecule has 4 nitrogen and oxygen atoms in total. The molecule has 20 heavy (non-hydrogen) atoms. The van der Waals surface area contributed by atoms with E-state index in [1.54, 1.807) is 0 Å². The molecule has 1 aromatic heterocycles. The molecule has 4 heteroatoms. The molecule has 108 valence electrons. The average Bonchev–Trinajstić information content (AvgIpc) is 2.95. The average molecular weight is 274 g/mol. The first-order valence-electron chi connectivity index (χ1n) is 7.20. The number of nitrogens with two attached hydrogens (primary N) is 1. The van der Waals surface area contributed by atoms with Crippen LogP contribution in [0.3, 0.4) is 0 Å². The molecule has 2 rings (SSSR count). The van der Waals surface area contributed by atoms with E-state index in [1.165, 1.54) is 0 Å². The maximum Gasteiger partial charge on any atom is 0.154 e. The number of aromatic nitrogens is 1. The molecule has 0 spiro atoms. The summed E-state index contributed by atoms with van der Waals surface area (Å²) in [6.07, 6.45) is 2.91. The fraction of sp³-hybridized carbons (Fsp3) is 0.438. The molecule has 0 aliphatic rings. The highest BCUT2D eigenvalue weighted by Crippen LogP contribution is 2.26. The third-order valence-corrected chi connectivity index (χ3v) is 3.10. The molecule has 0 saturated heterocycles. The molecular formula is C16H22N2O2. The van der Waals surface area contributed by atoms with Gasteiger partial charge in [-0.05, 0) is 25.0 Å². The number of nitrogens with zero attached hydrogens (tertiary/aromatic N) is 1. The zero-order valence-corrected chi connectivity index (χ0v) is 12.1. The third kappa shape index (κ3) is 3.61. The molecule has 0 aliphatic carbocycles. The maximum absolute atomic E-state index is 6.03. The van der Waals surface area contributed by atoms with Gasteiger partial charge < -0.3 is 15.0 Å². The molecule has 2 aromatic rings. The molecule has 0 aliphatic heterocycles. The first-order chi connectivity index (χ1) is 9.74. The lowest BCUT2D eigenvalue weighted by Crippen LogP contribution is -2.08. The van der Waals surface area contributed by atoms with Crippen LogP contribution in [0.25, 0.3) is 11.3 Å². The van der Waals surface area contributed by atoms with Crippen molar-refractivity contribution in [2.45, 2.75) is 39.2 Å². The molecule has 0 bridgehead atoms. The van der Waals surface area contributed by atoms with E-state index in [0.717, 1.165) is 48.6 Å². The summed E-state index contributed by atoms with van der Waals surface area (Å²) in [6.45, 7) is 4.91. The Morgan fingerprint density at radius 1 is 1.25 bits per heavy atom. The van der Waals surface area contributed by atoms with Gasteiger partial charge >= 0.3 is 0 Å². The Morgan fingerprint density at radius 3 is 2.85 bits per heavy atom. The van der Waals surface area contributed by atoms with Crippen molar-refractivity contribution in [3.8, 4) is 17.0 Å². The Morgan fingerprint density at radius 2 is 2.10 bits per heavy atom. The van der Waals surface area contributed by atoms with Crippen molar-refractivity contribution in [1.29, 1.82) is 0 Å². The summed E-state index contributed by atoms with van der Waals surface area (Å²) in [5, 5.41) is 4.10. The van der Waals surface area contributed by atoms with Gasteiger partial charge in [-0.15, -0.1) is 0 Å². The Hall–Kier alpha value is -1.81. The van der Waals surface area contributed by atoms with Crippen LogP contribution in [-0.2, 0) is 0 Å². The molecule has 1 atom stereocenters. The number of benzene rings is 1. The van der Waals surface area contributed by atoms with Crippen molar-refractivity contribution in [2.24, 2.45) is 5.73 Å². The second-order valence-electron chi connectivity index (χ2n) is 4.89. The smallest absolute Gasteiger partial charge is 0.154 e. The molecule has 1 unspecified atom stereocenters. The second kappa shape index (κ2) is 7.10. The van der Waals surface area contributed by atoms with Crippen molar-refractivity contribution in [2.75, 3.05) is 6.61 Å². The van der Waals surface area contributed by atoms with Crippen LogP contribution in [0.4, 0.5) is 0 Å². The predicted molar refractivity (Wildman–Crippen MR) is 79.6 cm³/mol. The molecule has 0 radical (unpaired) electrons. The standard InChI is InChI=1S/C16H22N2O2/c1-3-6-14(17)16-11-15(18-20-16)12-7-5-8-13(10-12)19-9-4-2/h5,7-8,10-11,14H,3-4,6,9,17H2,1-2H3. The monoisotopic (exact) mass is 274 g/mol. The first-order valence-corrected chi connectivity index (χ1v) is 7.20. The van der Waals surface area contributed by atoms with Gasteiger partial charge in [-0.1, -0.05) is 37.6 Å². The highest BCUT2D eigenvalue weighted by Gasteiger charge is 2.13. The molecular weight excluding hydrogens is 252 g/mol. The molecule has 0 saturated carbocycles. The minimum Gasteiger partial charge on any atom is -0.494 e. The van der Waals surface area contributed by atoms with E-state index in [-0.39, 0.29) is 6.04 Å². The predicted octanol–water partition coefficient (Wildman–Crippen LogP) is 3.93. The zero-order chi connectivity index (χ0) is 14.4. The van der Waals surface area contributed by atoms with Crippen molar-refractivity contribution in [3.63, 3.8) is 0 Å². The molecule has 1 heterocycles. The van der Waals surface area contributed by atoms with E-state index >= 15 is 0 Å². The number of hydrogen-bond donors (Lipinski definition) is 1. The molecule has 1 aromatic carbocycles. The summed E-state index contributed by atoms with van der Waals surface area (Å²) in [5.41, 5.74) is 7.82. The van der Waals surface area contributed by atoms with Gasteiger partial charge in [0.1, 0.15) is 11.4 Å². The fourth-order valence-electron chi connectivity index (χ4n) is 2.02. The van der Waals surface area contributed by atoms with E-state index in [0.29, 0.717) is 0 Å². The van der Waals surface area contributed by atoms with Crippen LogP contribution in [0.5, 0.6) is 5.75 Å². The summed E-state index contributed by atoms with van der Waals surface area (Å²) < 4.78 is 11.0. The van der Waals surface area contributed by atoms with Crippen LogP contribution >= 0.6 is 0 Å². The summed E-state index contributed by atoms with van der Waals surface area (Å²) >= 11 is 0. The summed E-state index contributed by atoms with van der Waals surface area (Å²) in [5.74, 6) is 1.59. The normalized spacial score (nSPS) is 12.3. The Balaban J connectivity index is 2.15. The van der Waals surface area contributed by atoms with Gasteiger partial charge in [-0.2, -0.15) is 0 Å². The first kappa shape index (κ1) is 14.6. The summed E-state index contributed by atoms with van der Waals surface area (Å²) in [4.78, 5) is 0. The van der Waals surface area contributed by atoms with Crippen molar-refractivity contribution in [3.05, 3.63) is 36.1 Å². The van der Waals surface area contributed by atoms with Gasteiger partial charge in [0.25, 0.3) is 0 Å². The Labute approximate surface area is 119 Å². The van der Waals surface area contributed by atoms with Gasteiger partial charge in [0.2, 0.25) is 0 Å². The largest absolute Gasteiger partial charge is 0.494 e. The van der Waals surface area contributed by atoms with Gasteiger partial charge in [0.15, 0.2) is 5.76 Å². The summed E-state index contributed by atoms with van der Waals surface area (Å²) in [6, 6.07) is 9.71. The van der Waals surface area contributed by atoms with Crippen LogP contribution in [-0.4, -0.2) is 11.8 Å². The molecule has 2 N–H and O–H groups in total.